The fourth-order valence-electron chi connectivity index (χ4n) is 1.55. The predicted molar refractivity (Wildman–Crippen MR) is 73.4 cm³/mol. The number of unbranched alkanes of at least 4 members (excludes halogenated alkanes) is 4. The molecule has 0 atom stereocenters. The summed E-state index contributed by atoms with van der Waals surface area (Å²) in [5.74, 6) is 1.32. The van der Waals surface area contributed by atoms with Crippen molar-refractivity contribution in [1.29, 1.82) is 0 Å². The van der Waals surface area contributed by atoms with E-state index in [9.17, 15) is 0 Å². The van der Waals surface area contributed by atoms with Crippen molar-refractivity contribution in [2.75, 3.05) is 18.8 Å². The molecule has 0 spiro atoms. The first-order chi connectivity index (χ1) is 7.35. The van der Waals surface area contributed by atoms with Gasteiger partial charge in [0.15, 0.2) is 0 Å². The second kappa shape index (κ2) is 12.4. The molecule has 0 aromatic rings. The van der Waals surface area contributed by atoms with E-state index in [2.05, 4.69) is 37.0 Å². The van der Waals surface area contributed by atoms with Crippen LogP contribution in [0.1, 0.15) is 65.7 Å². The van der Waals surface area contributed by atoms with Gasteiger partial charge in [-0.3, -0.25) is 4.31 Å². The van der Waals surface area contributed by atoms with Crippen LogP contribution >= 0.6 is 11.9 Å². The molecule has 2 heteroatoms. The highest BCUT2D eigenvalue weighted by atomic mass is 32.2. The van der Waals surface area contributed by atoms with Crippen LogP contribution in [-0.4, -0.2) is 23.1 Å². The lowest BCUT2D eigenvalue weighted by Crippen LogP contribution is -2.18. The van der Waals surface area contributed by atoms with Gasteiger partial charge in [0, 0.05) is 18.8 Å². The maximum absolute atomic E-state index is 2.56. The number of rotatable bonds is 11. The Bertz CT molecular complexity index is 117. The van der Waals surface area contributed by atoms with Crippen molar-refractivity contribution in [3.8, 4) is 0 Å². The van der Waals surface area contributed by atoms with Gasteiger partial charge in [0.25, 0.3) is 0 Å². The predicted octanol–water partition coefficient (Wildman–Crippen LogP) is 4.73. The fraction of sp³-hybridized carbons (Fsp3) is 1.00. The van der Waals surface area contributed by atoms with Crippen LogP contribution < -0.4 is 0 Å². The Morgan fingerprint density at radius 3 is 2.07 bits per heavy atom. The summed E-state index contributed by atoms with van der Waals surface area (Å²) in [6, 6.07) is 0. The summed E-state index contributed by atoms with van der Waals surface area (Å²) < 4.78 is 2.56. The number of hydrogen-bond acceptors (Lipinski definition) is 2. The van der Waals surface area contributed by atoms with E-state index in [-0.39, 0.29) is 0 Å². The van der Waals surface area contributed by atoms with E-state index in [4.69, 9.17) is 0 Å². The molecule has 0 heterocycles. The highest BCUT2D eigenvalue weighted by Gasteiger charge is 2.02. The van der Waals surface area contributed by atoms with Crippen molar-refractivity contribution in [3.05, 3.63) is 0 Å². The van der Waals surface area contributed by atoms with Gasteiger partial charge in [0.1, 0.15) is 0 Å². The Labute approximate surface area is 101 Å². The maximum Gasteiger partial charge on any atom is 0.00892 e. The van der Waals surface area contributed by atoms with Crippen LogP contribution in [0.3, 0.4) is 0 Å². The molecule has 0 aliphatic carbocycles. The Morgan fingerprint density at radius 1 is 0.733 bits per heavy atom. The van der Waals surface area contributed by atoms with Gasteiger partial charge in [0.2, 0.25) is 0 Å². The monoisotopic (exact) mass is 231 g/mol. The van der Waals surface area contributed by atoms with Gasteiger partial charge in [-0.05, 0) is 19.3 Å². The molecule has 0 aliphatic rings. The number of nitrogens with zero attached hydrogens (tertiary/aromatic N) is 1. The first kappa shape index (κ1) is 15.3. The molecule has 0 unspecified atom stereocenters. The molecule has 0 aliphatic heterocycles. The Kier molecular flexibility index (Phi) is 12.6. The highest BCUT2D eigenvalue weighted by Crippen LogP contribution is 2.14. The topological polar surface area (TPSA) is 3.24 Å². The molecule has 0 saturated carbocycles. The van der Waals surface area contributed by atoms with E-state index in [0.717, 1.165) is 0 Å². The van der Waals surface area contributed by atoms with Gasteiger partial charge in [-0.25, -0.2) is 0 Å². The molecule has 0 fully saturated rings. The zero-order chi connectivity index (χ0) is 11.4. The van der Waals surface area contributed by atoms with E-state index in [1.165, 1.54) is 63.8 Å². The third-order valence-corrected chi connectivity index (χ3v) is 3.71. The third kappa shape index (κ3) is 10.6. The quantitative estimate of drug-likeness (QED) is 0.374. The molecule has 92 valence electrons. The molecule has 0 amide bonds. The normalized spacial score (nSPS) is 11.2. The standard InChI is InChI=1S/C13H29NS/c1-4-7-9-10-13-15-14(11-6-3)12-8-5-2/h4-13H2,1-3H3. The van der Waals surface area contributed by atoms with E-state index >= 15 is 0 Å². The summed E-state index contributed by atoms with van der Waals surface area (Å²) in [6.45, 7) is 9.37. The lowest BCUT2D eigenvalue weighted by Gasteiger charge is -2.19. The third-order valence-electron chi connectivity index (χ3n) is 2.51. The second-order valence-electron chi connectivity index (χ2n) is 4.18. The van der Waals surface area contributed by atoms with Gasteiger partial charge >= 0.3 is 0 Å². The van der Waals surface area contributed by atoms with Crippen molar-refractivity contribution in [1.82, 2.24) is 4.31 Å². The molecular formula is C13H29NS. The maximum atomic E-state index is 2.56. The summed E-state index contributed by atoms with van der Waals surface area (Å²) in [6.07, 6.45) is 9.51. The van der Waals surface area contributed by atoms with Crippen LogP contribution in [0.15, 0.2) is 0 Å². The van der Waals surface area contributed by atoms with Crippen molar-refractivity contribution in [2.24, 2.45) is 0 Å². The van der Waals surface area contributed by atoms with Crippen molar-refractivity contribution in [2.45, 2.75) is 65.7 Å². The van der Waals surface area contributed by atoms with Crippen LogP contribution in [0.25, 0.3) is 0 Å². The van der Waals surface area contributed by atoms with Gasteiger partial charge in [-0.15, -0.1) is 0 Å². The Balaban J connectivity index is 3.38. The minimum absolute atomic E-state index is 1.26. The molecule has 0 rings (SSSR count). The molecule has 1 nitrogen and oxygen atoms in total. The van der Waals surface area contributed by atoms with Crippen molar-refractivity contribution < 1.29 is 0 Å². The summed E-state index contributed by atoms with van der Waals surface area (Å²) in [5, 5.41) is 0. The smallest absolute Gasteiger partial charge is 0.00892 e. The molecule has 0 radical (unpaired) electrons. The average Bonchev–Trinajstić information content (AvgIpc) is 2.25. The Morgan fingerprint density at radius 2 is 1.47 bits per heavy atom. The molecule has 0 N–H and O–H groups in total. The Hall–Kier alpha value is 0.310. The van der Waals surface area contributed by atoms with Gasteiger partial charge < -0.3 is 0 Å². The molecule has 0 saturated heterocycles. The van der Waals surface area contributed by atoms with Gasteiger partial charge in [0.05, 0.1) is 0 Å². The van der Waals surface area contributed by atoms with E-state index in [1.54, 1.807) is 0 Å². The molecule has 0 aromatic carbocycles. The number of hydrogen-bond donors (Lipinski definition) is 0. The summed E-state index contributed by atoms with van der Waals surface area (Å²) >= 11 is 2.07. The summed E-state index contributed by atoms with van der Waals surface area (Å²) in [4.78, 5) is 0. The minimum Gasteiger partial charge on any atom is -0.251 e. The van der Waals surface area contributed by atoms with Crippen molar-refractivity contribution >= 4 is 11.9 Å². The lowest BCUT2D eigenvalue weighted by atomic mass is 10.2. The lowest BCUT2D eigenvalue weighted by molar-refractivity contribution is 0.454. The van der Waals surface area contributed by atoms with E-state index in [1.807, 2.05) is 0 Å². The zero-order valence-electron chi connectivity index (χ0n) is 10.9. The first-order valence-electron chi connectivity index (χ1n) is 6.73. The summed E-state index contributed by atoms with van der Waals surface area (Å²) in [7, 11) is 0. The largest absolute Gasteiger partial charge is 0.251 e. The van der Waals surface area contributed by atoms with Crippen molar-refractivity contribution in [3.63, 3.8) is 0 Å². The molecule has 0 bridgehead atoms. The van der Waals surface area contributed by atoms with Gasteiger partial charge in [-0.2, -0.15) is 0 Å². The highest BCUT2D eigenvalue weighted by molar-refractivity contribution is 7.97. The van der Waals surface area contributed by atoms with E-state index < -0.39 is 0 Å². The molecular weight excluding hydrogens is 202 g/mol. The van der Waals surface area contributed by atoms with Crippen LogP contribution in [0.5, 0.6) is 0 Å². The van der Waals surface area contributed by atoms with Crippen LogP contribution in [0.4, 0.5) is 0 Å². The van der Waals surface area contributed by atoms with Crippen LogP contribution in [0, 0.1) is 0 Å². The average molecular weight is 231 g/mol. The summed E-state index contributed by atoms with van der Waals surface area (Å²) in [5.41, 5.74) is 0. The fourth-order valence-corrected chi connectivity index (χ4v) is 2.71. The van der Waals surface area contributed by atoms with Crippen LogP contribution in [-0.2, 0) is 0 Å². The van der Waals surface area contributed by atoms with Crippen LogP contribution in [0.2, 0.25) is 0 Å². The first-order valence-corrected chi connectivity index (χ1v) is 7.67. The van der Waals surface area contributed by atoms with Gasteiger partial charge in [-0.1, -0.05) is 58.4 Å². The molecule has 0 aromatic heterocycles. The van der Waals surface area contributed by atoms with E-state index in [0.29, 0.717) is 0 Å². The SMILES string of the molecule is CCCCCCSN(CCC)CCCC. The zero-order valence-corrected chi connectivity index (χ0v) is 11.7. The second-order valence-corrected chi connectivity index (χ2v) is 5.36. The minimum atomic E-state index is 1.26. The molecule has 15 heavy (non-hydrogen) atoms.